The Balaban J connectivity index is 1.69. The molecule has 0 N–H and O–H groups in total. The van der Waals surface area contributed by atoms with Gasteiger partial charge in [0, 0.05) is 49.2 Å². The Morgan fingerprint density at radius 2 is 1.92 bits per heavy atom. The van der Waals surface area contributed by atoms with Crippen molar-refractivity contribution in [2.45, 2.75) is 25.8 Å². The first-order valence-corrected chi connectivity index (χ1v) is 12.2. The summed E-state index contributed by atoms with van der Waals surface area (Å²) in [5.74, 6) is 0.550. The topological polar surface area (TPSA) is 79.9 Å². The summed E-state index contributed by atoms with van der Waals surface area (Å²) in [4.78, 5) is 9.53. The fourth-order valence-electron chi connectivity index (χ4n) is 6.25. The number of aryl methyl sites for hydroxylation is 2. The first-order valence-electron chi connectivity index (χ1n) is 12.2. The maximum Gasteiger partial charge on any atom is 0.238 e. The number of rotatable bonds is 3. The quantitative estimate of drug-likeness (QED) is 0.365. The van der Waals surface area contributed by atoms with E-state index >= 15 is 0 Å². The van der Waals surface area contributed by atoms with Crippen LogP contribution < -0.4 is 4.74 Å². The minimum atomic E-state index is -0.249. The minimum Gasteiger partial charge on any atom is -0.479 e. The SMILES string of the molecule is COc1nccc2c3ncc(-c4c(C)nnn4C)c4c3n(c12)C(C1CCOCC1)c1cc(F)ccc1-4. The highest BCUT2D eigenvalue weighted by molar-refractivity contribution is 6.15. The molecule has 0 amide bonds. The first-order chi connectivity index (χ1) is 17.6. The fourth-order valence-corrected chi connectivity index (χ4v) is 6.25. The smallest absolute Gasteiger partial charge is 0.238 e. The van der Waals surface area contributed by atoms with Crippen molar-refractivity contribution in [2.24, 2.45) is 13.0 Å². The average Bonchev–Trinajstić information content (AvgIpc) is 3.42. The molecule has 8 nitrogen and oxygen atoms in total. The number of hydrogen-bond acceptors (Lipinski definition) is 6. The lowest BCUT2D eigenvalue weighted by Crippen LogP contribution is -2.29. The van der Waals surface area contributed by atoms with Crippen molar-refractivity contribution in [3.8, 4) is 28.3 Å². The number of halogens is 1. The van der Waals surface area contributed by atoms with E-state index in [4.69, 9.17) is 14.5 Å². The van der Waals surface area contributed by atoms with E-state index in [1.54, 1.807) is 30.1 Å². The maximum atomic E-state index is 14.9. The van der Waals surface area contributed by atoms with Crippen molar-refractivity contribution in [3.63, 3.8) is 0 Å². The zero-order chi connectivity index (χ0) is 24.6. The summed E-state index contributed by atoms with van der Waals surface area (Å²) in [5.41, 5.74) is 8.36. The van der Waals surface area contributed by atoms with Crippen LogP contribution in [0.5, 0.6) is 5.88 Å². The maximum absolute atomic E-state index is 14.9. The van der Waals surface area contributed by atoms with Gasteiger partial charge in [0.2, 0.25) is 5.88 Å². The molecule has 9 heteroatoms. The van der Waals surface area contributed by atoms with Crippen molar-refractivity contribution in [3.05, 3.63) is 53.7 Å². The van der Waals surface area contributed by atoms with Gasteiger partial charge in [0.05, 0.1) is 35.6 Å². The monoisotopic (exact) mass is 484 g/mol. The van der Waals surface area contributed by atoms with Crippen LogP contribution in [0, 0.1) is 18.7 Å². The van der Waals surface area contributed by atoms with Gasteiger partial charge in [-0.2, -0.15) is 0 Å². The van der Waals surface area contributed by atoms with Gasteiger partial charge in [-0.1, -0.05) is 11.3 Å². The van der Waals surface area contributed by atoms with Crippen LogP contribution in [-0.4, -0.2) is 49.9 Å². The van der Waals surface area contributed by atoms with E-state index in [-0.39, 0.29) is 17.8 Å². The molecule has 0 spiro atoms. The van der Waals surface area contributed by atoms with Crippen LogP contribution in [0.3, 0.4) is 0 Å². The molecule has 2 aliphatic rings. The second kappa shape index (κ2) is 7.83. The molecule has 1 fully saturated rings. The first kappa shape index (κ1) is 21.4. The number of benzene rings is 1. The second-order valence-electron chi connectivity index (χ2n) is 9.60. The Labute approximate surface area is 206 Å². The lowest BCUT2D eigenvalue weighted by Gasteiger charge is -2.37. The number of ether oxygens (including phenoxy) is 2. The number of hydrogen-bond donors (Lipinski definition) is 0. The van der Waals surface area contributed by atoms with Gasteiger partial charge in [-0.05, 0) is 55.0 Å². The van der Waals surface area contributed by atoms with Gasteiger partial charge in [-0.15, -0.1) is 5.10 Å². The molecule has 0 radical (unpaired) electrons. The summed E-state index contributed by atoms with van der Waals surface area (Å²) >= 11 is 0. The van der Waals surface area contributed by atoms with Crippen LogP contribution in [-0.2, 0) is 11.8 Å². The Hall–Kier alpha value is -3.85. The van der Waals surface area contributed by atoms with Crippen LogP contribution in [0.25, 0.3) is 44.3 Å². The Morgan fingerprint density at radius 1 is 1.08 bits per heavy atom. The van der Waals surface area contributed by atoms with Gasteiger partial charge in [0.15, 0.2) is 0 Å². The zero-order valence-electron chi connectivity index (χ0n) is 20.3. The molecule has 182 valence electrons. The third-order valence-corrected chi connectivity index (χ3v) is 7.72. The summed E-state index contributed by atoms with van der Waals surface area (Å²) in [6, 6.07) is 7.03. The van der Waals surface area contributed by atoms with Crippen molar-refractivity contribution < 1.29 is 13.9 Å². The number of nitrogens with zero attached hydrogens (tertiary/aromatic N) is 6. The Bertz CT molecular complexity index is 1650. The van der Waals surface area contributed by atoms with Crippen LogP contribution in [0.2, 0.25) is 0 Å². The van der Waals surface area contributed by atoms with Crippen LogP contribution in [0.1, 0.15) is 30.1 Å². The van der Waals surface area contributed by atoms with Crippen LogP contribution in [0.15, 0.2) is 36.7 Å². The molecule has 0 aliphatic carbocycles. The zero-order valence-corrected chi connectivity index (χ0v) is 20.3. The summed E-state index contributed by atoms with van der Waals surface area (Å²) in [5, 5.41) is 9.50. The molecule has 36 heavy (non-hydrogen) atoms. The molecule has 1 atom stereocenters. The molecule has 0 bridgehead atoms. The number of aromatic nitrogens is 6. The van der Waals surface area contributed by atoms with Gasteiger partial charge in [-0.3, -0.25) is 4.98 Å². The minimum absolute atomic E-state index is 0.104. The van der Waals surface area contributed by atoms with Crippen molar-refractivity contribution in [1.82, 2.24) is 29.5 Å². The van der Waals surface area contributed by atoms with E-state index in [1.807, 2.05) is 32.3 Å². The van der Waals surface area contributed by atoms with E-state index in [2.05, 4.69) is 19.9 Å². The lowest BCUT2D eigenvalue weighted by atomic mass is 9.80. The largest absolute Gasteiger partial charge is 0.479 e. The van der Waals surface area contributed by atoms with Gasteiger partial charge >= 0.3 is 0 Å². The summed E-state index contributed by atoms with van der Waals surface area (Å²) in [6.45, 7) is 3.32. The highest BCUT2D eigenvalue weighted by atomic mass is 19.1. The van der Waals surface area contributed by atoms with E-state index in [0.717, 1.165) is 68.4 Å². The molecule has 4 aromatic heterocycles. The summed E-state index contributed by atoms with van der Waals surface area (Å²) in [7, 11) is 3.52. The van der Waals surface area contributed by atoms with Crippen molar-refractivity contribution >= 4 is 21.9 Å². The molecule has 7 rings (SSSR count). The Kier molecular flexibility index (Phi) is 4.66. The van der Waals surface area contributed by atoms with E-state index in [0.29, 0.717) is 19.1 Å². The van der Waals surface area contributed by atoms with Crippen molar-refractivity contribution in [2.75, 3.05) is 20.3 Å². The Morgan fingerprint density at radius 3 is 2.67 bits per heavy atom. The molecule has 1 aromatic carbocycles. The van der Waals surface area contributed by atoms with Crippen molar-refractivity contribution in [1.29, 1.82) is 0 Å². The molecule has 6 heterocycles. The van der Waals surface area contributed by atoms with Crippen LogP contribution in [0.4, 0.5) is 4.39 Å². The highest BCUT2D eigenvalue weighted by Gasteiger charge is 2.38. The lowest BCUT2D eigenvalue weighted by molar-refractivity contribution is 0.0551. The predicted molar refractivity (Wildman–Crippen MR) is 133 cm³/mol. The summed E-state index contributed by atoms with van der Waals surface area (Å²) in [6.07, 6.45) is 5.42. The number of fused-ring (bicyclic) bond motifs is 5. The molecule has 5 aromatic rings. The van der Waals surface area contributed by atoms with Gasteiger partial charge in [0.25, 0.3) is 0 Å². The number of methoxy groups -OCH3 is 1. The van der Waals surface area contributed by atoms with Gasteiger partial charge < -0.3 is 14.0 Å². The normalized spacial score (nSPS) is 17.6. The van der Waals surface area contributed by atoms with E-state index < -0.39 is 0 Å². The average molecular weight is 485 g/mol. The van der Waals surface area contributed by atoms with Gasteiger partial charge in [0.1, 0.15) is 11.3 Å². The third-order valence-electron chi connectivity index (χ3n) is 7.72. The third kappa shape index (κ3) is 2.83. The van der Waals surface area contributed by atoms with E-state index in [9.17, 15) is 4.39 Å². The van der Waals surface area contributed by atoms with Gasteiger partial charge in [-0.25, -0.2) is 14.1 Å². The second-order valence-corrected chi connectivity index (χ2v) is 9.60. The molecule has 0 saturated carbocycles. The fraction of sp³-hybridized carbons (Fsp3) is 0.333. The predicted octanol–water partition coefficient (Wildman–Crippen LogP) is 4.83. The molecule has 2 aliphatic heterocycles. The number of pyridine rings is 2. The van der Waals surface area contributed by atoms with E-state index in [1.165, 1.54) is 0 Å². The standard InChI is InChI=1S/C27H25FN6O2/c1-14-23(33(2)32-31-14)20-13-30-22-18-6-9-29-27(35-3)25(18)34-24(15-7-10-36-11-8-15)19-12-16(28)4-5-17(19)21(20)26(22)34/h4-6,9,12-13,15,24H,7-8,10-11H2,1-3H3. The highest BCUT2D eigenvalue weighted by Crippen LogP contribution is 2.53. The summed E-state index contributed by atoms with van der Waals surface area (Å²) < 4.78 is 30.4. The molecule has 1 unspecified atom stereocenters. The van der Waals surface area contributed by atoms with Crippen LogP contribution >= 0.6 is 0 Å². The molecule has 1 saturated heterocycles. The molecular formula is C27H25FN6O2. The molecular weight excluding hydrogens is 459 g/mol.